The molecule has 2 rings (SSSR count). The van der Waals surface area contributed by atoms with Crippen LogP contribution in [-0.2, 0) is 0 Å². The van der Waals surface area contributed by atoms with Crippen molar-refractivity contribution in [2.24, 2.45) is 0 Å². The van der Waals surface area contributed by atoms with Crippen molar-refractivity contribution in [1.82, 2.24) is 4.90 Å². The average Bonchev–Trinajstić information content (AvgIpc) is 2.43. The van der Waals surface area contributed by atoms with Crippen molar-refractivity contribution in [2.75, 3.05) is 44.2 Å². The molecular formula is C11H22I2N2O. The van der Waals surface area contributed by atoms with E-state index in [0.29, 0.717) is 6.04 Å². The zero-order valence-corrected chi connectivity index (χ0v) is 14.4. The van der Waals surface area contributed by atoms with E-state index in [1.165, 1.54) is 35.1 Å². The normalized spacial score (nSPS) is 38.6. The Morgan fingerprint density at radius 1 is 1.44 bits per heavy atom. The Balaban J connectivity index is 0.00000128. The molecule has 2 atom stereocenters. The first-order valence-corrected chi connectivity index (χ1v) is 7.33. The van der Waals surface area contributed by atoms with E-state index in [4.69, 9.17) is 0 Å². The number of hydrogen-bond acceptors (Lipinski definition) is 2. The summed E-state index contributed by atoms with van der Waals surface area (Å²) >= 11 is 2.48. The molecule has 0 aromatic rings. The number of alkyl halides is 1. The summed E-state index contributed by atoms with van der Waals surface area (Å²) in [5.74, 6) is 0. The third-order valence-electron chi connectivity index (χ3n) is 4.14. The van der Waals surface area contributed by atoms with Crippen LogP contribution >= 0.6 is 22.6 Å². The molecule has 0 bridgehead atoms. The maximum absolute atomic E-state index is 10.2. The summed E-state index contributed by atoms with van der Waals surface area (Å²) in [5.41, 5.74) is -0.425. The number of quaternary nitrogens is 1. The Morgan fingerprint density at radius 3 is 2.50 bits per heavy atom. The minimum Gasteiger partial charge on any atom is -1.00 e. The van der Waals surface area contributed by atoms with E-state index in [9.17, 15) is 5.11 Å². The van der Waals surface area contributed by atoms with Gasteiger partial charge in [0.2, 0.25) is 0 Å². The van der Waals surface area contributed by atoms with Gasteiger partial charge in [0.05, 0.1) is 17.5 Å². The van der Waals surface area contributed by atoms with Gasteiger partial charge in [-0.15, -0.1) is 0 Å². The van der Waals surface area contributed by atoms with Gasteiger partial charge in [0.1, 0.15) is 18.2 Å². The summed E-state index contributed by atoms with van der Waals surface area (Å²) in [5, 5.41) is 10.2. The highest BCUT2D eigenvalue weighted by Gasteiger charge is 2.52. The number of nitrogens with zero attached hydrogens (tertiary/aromatic N) is 2. The highest BCUT2D eigenvalue weighted by molar-refractivity contribution is 14.1. The molecule has 1 N–H and O–H groups in total. The summed E-state index contributed by atoms with van der Waals surface area (Å²) in [6, 6.07) is 0.675. The quantitative estimate of drug-likeness (QED) is 0.276. The van der Waals surface area contributed by atoms with Crippen LogP contribution in [0.5, 0.6) is 0 Å². The predicted molar refractivity (Wildman–Crippen MR) is 70.3 cm³/mol. The van der Waals surface area contributed by atoms with Crippen LogP contribution in [0.4, 0.5) is 0 Å². The van der Waals surface area contributed by atoms with Crippen LogP contribution in [0.3, 0.4) is 0 Å². The Hall–Kier alpha value is 1.34. The van der Waals surface area contributed by atoms with Gasteiger partial charge in [-0.25, -0.2) is 0 Å². The highest BCUT2D eigenvalue weighted by atomic mass is 127. The fourth-order valence-electron chi connectivity index (χ4n) is 3.26. The standard InChI is InChI=1S/C11H22IN2O.HI/c1-11(15)7-10(8-12)14(9-11)5-3-13(2)4-6-14;/h10,15H,3-9H2,1-2H3;1H/q+1;/p-1. The van der Waals surface area contributed by atoms with Gasteiger partial charge in [-0.2, -0.15) is 0 Å². The smallest absolute Gasteiger partial charge is 0.116 e. The average molecular weight is 452 g/mol. The summed E-state index contributed by atoms with van der Waals surface area (Å²) in [6.07, 6.45) is 0.986. The Bertz CT molecular complexity index is 240. The topological polar surface area (TPSA) is 23.5 Å². The van der Waals surface area contributed by atoms with E-state index >= 15 is 0 Å². The van der Waals surface area contributed by atoms with E-state index in [-0.39, 0.29) is 24.0 Å². The molecule has 0 aromatic heterocycles. The third-order valence-corrected chi connectivity index (χ3v) is 5.15. The molecular weight excluding hydrogens is 430 g/mol. The van der Waals surface area contributed by atoms with Gasteiger partial charge in [-0.1, -0.05) is 22.6 Å². The van der Waals surface area contributed by atoms with Gasteiger partial charge in [-0.05, 0) is 14.0 Å². The Labute approximate surface area is 129 Å². The van der Waals surface area contributed by atoms with E-state index < -0.39 is 5.60 Å². The highest BCUT2D eigenvalue weighted by Crippen LogP contribution is 2.36. The van der Waals surface area contributed by atoms with Crippen molar-refractivity contribution in [2.45, 2.75) is 25.0 Å². The Kier molecular flexibility index (Phi) is 5.33. The first kappa shape index (κ1) is 15.4. The fraction of sp³-hybridized carbons (Fsp3) is 1.00. The number of hydrogen-bond donors (Lipinski definition) is 1. The molecule has 16 heavy (non-hydrogen) atoms. The summed E-state index contributed by atoms with van der Waals surface area (Å²) in [7, 11) is 2.20. The number of aliphatic hydroxyl groups is 1. The molecule has 2 aliphatic heterocycles. The molecule has 0 aliphatic carbocycles. The van der Waals surface area contributed by atoms with Gasteiger partial charge in [0, 0.05) is 19.5 Å². The van der Waals surface area contributed by atoms with Crippen LogP contribution in [0.1, 0.15) is 13.3 Å². The first-order valence-electron chi connectivity index (χ1n) is 5.80. The van der Waals surface area contributed by atoms with Crippen LogP contribution in [-0.4, -0.2) is 70.3 Å². The number of rotatable bonds is 1. The van der Waals surface area contributed by atoms with Crippen molar-refractivity contribution >= 4 is 22.6 Å². The molecule has 0 saturated carbocycles. The zero-order chi connectivity index (χ0) is 11.1. The lowest BCUT2D eigenvalue weighted by atomic mass is 10.0. The lowest BCUT2D eigenvalue weighted by Gasteiger charge is -2.45. The second kappa shape index (κ2) is 5.54. The first-order chi connectivity index (χ1) is 6.97. The van der Waals surface area contributed by atoms with Crippen molar-refractivity contribution in [3.8, 4) is 0 Å². The fourth-order valence-corrected chi connectivity index (χ4v) is 4.41. The van der Waals surface area contributed by atoms with Crippen molar-refractivity contribution in [3.63, 3.8) is 0 Å². The van der Waals surface area contributed by atoms with Crippen LogP contribution < -0.4 is 24.0 Å². The molecule has 0 amide bonds. The van der Waals surface area contributed by atoms with Gasteiger partial charge in [0.15, 0.2) is 0 Å². The van der Waals surface area contributed by atoms with Gasteiger partial charge in [-0.3, -0.25) is 4.90 Å². The largest absolute Gasteiger partial charge is 1.00 e. The number of piperazine rings is 1. The maximum atomic E-state index is 10.2. The summed E-state index contributed by atoms with van der Waals surface area (Å²) in [4.78, 5) is 2.40. The molecule has 2 heterocycles. The van der Waals surface area contributed by atoms with Crippen LogP contribution in [0, 0.1) is 0 Å². The molecule has 2 saturated heterocycles. The monoisotopic (exact) mass is 452 g/mol. The SMILES string of the molecule is CN1CC[N+]2(CC1)CC(C)(O)CC2CI.[I-]. The predicted octanol–water partition coefficient (Wildman–Crippen LogP) is -2.29. The number of halogens is 2. The van der Waals surface area contributed by atoms with E-state index in [0.717, 1.165) is 13.0 Å². The van der Waals surface area contributed by atoms with Gasteiger partial charge >= 0.3 is 0 Å². The second-order valence-electron chi connectivity index (χ2n) is 5.64. The van der Waals surface area contributed by atoms with E-state index in [1.807, 2.05) is 6.92 Å². The molecule has 2 aliphatic rings. The van der Waals surface area contributed by atoms with Crippen LogP contribution in [0.2, 0.25) is 0 Å². The molecule has 0 aromatic carbocycles. The van der Waals surface area contributed by atoms with E-state index in [1.54, 1.807) is 0 Å². The zero-order valence-electron chi connectivity index (χ0n) is 10.1. The molecule has 5 heteroatoms. The number of likely N-dealkylation sites (N-methyl/N-ethyl adjacent to an activating group) is 1. The van der Waals surface area contributed by atoms with E-state index in [2.05, 4.69) is 34.5 Å². The van der Waals surface area contributed by atoms with Gasteiger partial charge < -0.3 is 33.6 Å². The molecule has 3 nitrogen and oxygen atoms in total. The maximum Gasteiger partial charge on any atom is 0.116 e. The molecule has 2 unspecified atom stereocenters. The molecule has 96 valence electrons. The molecule has 1 spiro atoms. The second-order valence-corrected chi connectivity index (χ2v) is 6.52. The summed E-state index contributed by atoms with van der Waals surface area (Å²) in [6.45, 7) is 7.79. The molecule has 2 fully saturated rings. The van der Waals surface area contributed by atoms with Crippen molar-refractivity contribution in [3.05, 3.63) is 0 Å². The van der Waals surface area contributed by atoms with Crippen LogP contribution in [0.25, 0.3) is 0 Å². The minimum absolute atomic E-state index is 0. The minimum atomic E-state index is -0.425. The van der Waals surface area contributed by atoms with Crippen molar-refractivity contribution < 1.29 is 33.6 Å². The lowest BCUT2D eigenvalue weighted by Crippen LogP contribution is -3.00. The van der Waals surface area contributed by atoms with Gasteiger partial charge in [0.25, 0.3) is 0 Å². The van der Waals surface area contributed by atoms with Crippen molar-refractivity contribution in [1.29, 1.82) is 0 Å². The molecule has 0 radical (unpaired) electrons. The van der Waals surface area contributed by atoms with Crippen LogP contribution in [0.15, 0.2) is 0 Å². The lowest BCUT2D eigenvalue weighted by molar-refractivity contribution is -0.942. The Morgan fingerprint density at radius 2 is 2.00 bits per heavy atom. The third kappa shape index (κ3) is 3.02. The summed E-state index contributed by atoms with van der Waals surface area (Å²) < 4.78 is 2.35.